The summed E-state index contributed by atoms with van der Waals surface area (Å²) in [7, 11) is 0. The van der Waals surface area contributed by atoms with Gasteiger partial charge in [0.1, 0.15) is 23.0 Å². The molecule has 7 heteroatoms. The van der Waals surface area contributed by atoms with E-state index in [1.54, 1.807) is 24.4 Å². The Morgan fingerprint density at radius 3 is 2.64 bits per heavy atom. The Morgan fingerprint density at radius 1 is 0.974 bits per heavy atom. The standard InChI is InChI=1S/C32H29FN4O2/c33-26-11-3-2-9-24(26)27-29(38)37(32(36-27)14-4-1-5-15-32)17-7-8-21-12-13-22-19-31(20-23(22)18-21)25-10-6-16-34-28(25)35-30(31)39/h2-3,6-13,16,18H,1,4-5,14-15,17,19-20H2,(H,34,35,39)/b8-7+. The van der Waals surface area contributed by atoms with Crippen molar-refractivity contribution >= 4 is 29.4 Å². The molecule has 2 spiro atoms. The van der Waals surface area contributed by atoms with E-state index in [4.69, 9.17) is 4.99 Å². The second-order valence-corrected chi connectivity index (χ2v) is 11.1. The molecule has 2 aliphatic carbocycles. The molecule has 1 atom stereocenters. The number of hydrogen-bond acceptors (Lipinski definition) is 4. The minimum absolute atomic E-state index is 0.0143. The number of amides is 2. The molecule has 1 aromatic heterocycles. The highest BCUT2D eigenvalue weighted by atomic mass is 19.1. The fourth-order valence-electron chi connectivity index (χ4n) is 6.90. The Kier molecular flexibility index (Phi) is 5.51. The third-order valence-electron chi connectivity index (χ3n) is 8.86. The van der Waals surface area contributed by atoms with Gasteiger partial charge in [0.05, 0.1) is 5.41 Å². The topological polar surface area (TPSA) is 74.7 Å². The van der Waals surface area contributed by atoms with E-state index < -0.39 is 16.9 Å². The Bertz CT molecular complexity index is 1570. The van der Waals surface area contributed by atoms with E-state index in [2.05, 4.69) is 28.5 Å². The van der Waals surface area contributed by atoms with E-state index in [0.717, 1.165) is 48.8 Å². The molecule has 0 radical (unpaired) electrons. The van der Waals surface area contributed by atoms with Gasteiger partial charge in [0.15, 0.2) is 0 Å². The van der Waals surface area contributed by atoms with Gasteiger partial charge in [-0.25, -0.2) is 9.37 Å². The van der Waals surface area contributed by atoms with Crippen molar-refractivity contribution in [2.24, 2.45) is 4.99 Å². The van der Waals surface area contributed by atoms with Crippen LogP contribution in [0.1, 0.15) is 59.9 Å². The molecule has 1 saturated carbocycles. The maximum Gasteiger partial charge on any atom is 0.275 e. The number of nitrogens with zero attached hydrogens (tertiary/aromatic N) is 3. The van der Waals surface area contributed by atoms with Crippen LogP contribution in [0.2, 0.25) is 0 Å². The summed E-state index contributed by atoms with van der Waals surface area (Å²) in [4.78, 5) is 37.6. The number of benzene rings is 2. The molecule has 2 amide bonds. The first kappa shape index (κ1) is 23.9. The van der Waals surface area contributed by atoms with Crippen LogP contribution in [0.4, 0.5) is 10.2 Å². The molecule has 2 aliphatic heterocycles. The summed E-state index contributed by atoms with van der Waals surface area (Å²) in [5.74, 6) is 0.0556. The zero-order chi connectivity index (χ0) is 26.6. The Morgan fingerprint density at radius 2 is 1.79 bits per heavy atom. The maximum absolute atomic E-state index is 14.6. The monoisotopic (exact) mass is 520 g/mol. The van der Waals surface area contributed by atoms with E-state index in [1.165, 1.54) is 11.6 Å². The number of pyridine rings is 1. The molecule has 1 fully saturated rings. The Balaban J connectivity index is 1.12. The van der Waals surface area contributed by atoms with Crippen molar-refractivity contribution in [3.8, 4) is 0 Å². The van der Waals surface area contributed by atoms with Crippen LogP contribution in [0.3, 0.4) is 0 Å². The predicted octanol–water partition coefficient (Wildman–Crippen LogP) is 5.21. The van der Waals surface area contributed by atoms with Crippen LogP contribution in [0.15, 0.2) is 71.9 Å². The summed E-state index contributed by atoms with van der Waals surface area (Å²) in [6.45, 7) is 0.406. The number of aliphatic imine (C=N–C) groups is 1. The summed E-state index contributed by atoms with van der Waals surface area (Å²) < 4.78 is 14.6. The zero-order valence-corrected chi connectivity index (χ0v) is 21.6. The Hall–Kier alpha value is -4.13. The van der Waals surface area contributed by atoms with E-state index in [1.807, 2.05) is 29.2 Å². The maximum atomic E-state index is 14.6. The summed E-state index contributed by atoms with van der Waals surface area (Å²) in [6.07, 6.45) is 11.8. The van der Waals surface area contributed by atoms with Crippen molar-refractivity contribution in [2.75, 3.05) is 11.9 Å². The van der Waals surface area contributed by atoms with Crippen molar-refractivity contribution in [1.29, 1.82) is 0 Å². The van der Waals surface area contributed by atoms with Crippen LogP contribution < -0.4 is 5.32 Å². The number of fused-ring (bicyclic) bond motifs is 3. The van der Waals surface area contributed by atoms with Crippen LogP contribution in [0.5, 0.6) is 0 Å². The zero-order valence-electron chi connectivity index (χ0n) is 21.6. The number of carbonyl (C=O) groups excluding carboxylic acids is 2. The van der Waals surface area contributed by atoms with Crippen molar-refractivity contribution in [3.05, 3.63) is 101 Å². The lowest BCUT2D eigenvalue weighted by molar-refractivity contribution is -0.128. The van der Waals surface area contributed by atoms with Gasteiger partial charge in [-0.1, -0.05) is 55.0 Å². The normalized spacial score (nSPS) is 23.0. The average molecular weight is 521 g/mol. The fraction of sp³-hybridized carbons (Fsp3) is 0.312. The second-order valence-electron chi connectivity index (χ2n) is 11.1. The van der Waals surface area contributed by atoms with Gasteiger partial charge in [-0.15, -0.1) is 0 Å². The highest BCUT2D eigenvalue weighted by Gasteiger charge is 2.51. The lowest BCUT2D eigenvalue weighted by Gasteiger charge is -2.38. The number of halogens is 1. The van der Waals surface area contributed by atoms with Crippen molar-refractivity contribution in [2.45, 2.75) is 56.0 Å². The van der Waals surface area contributed by atoms with Crippen LogP contribution in [0.25, 0.3) is 6.08 Å². The van der Waals surface area contributed by atoms with E-state index in [9.17, 15) is 14.0 Å². The lowest BCUT2D eigenvalue weighted by atomic mass is 9.79. The minimum Gasteiger partial charge on any atom is -0.310 e. The first-order valence-electron chi connectivity index (χ1n) is 13.7. The van der Waals surface area contributed by atoms with Crippen molar-refractivity contribution < 1.29 is 14.0 Å². The quantitative estimate of drug-likeness (QED) is 0.513. The molecule has 3 aromatic rings. The van der Waals surface area contributed by atoms with Gasteiger partial charge in [-0.05, 0) is 73.4 Å². The molecule has 0 saturated heterocycles. The highest BCUT2D eigenvalue weighted by Crippen LogP contribution is 2.46. The third-order valence-corrected chi connectivity index (χ3v) is 8.86. The predicted molar refractivity (Wildman–Crippen MR) is 148 cm³/mol. The summed E-state index contributed by atoms with van der Waals surface area (Å²) >= 11 is 0. The summed E-state index contributed by atoms with van der Waals surface area (Å²) in [5.41, 5.74) is 3.65. The van der Waals surface area contributed by atoms with Gasteiger partial charge < -0.3 is 10.2 Å². The number of anilines is 1. The van der Waals surface area contributed by atoms with E-state index >= 15 is 0 Å². The van der Waals surface area contributed by atoms with Crippen LogP contribution in [0, 0.1) is 5.82 Å². The number of rotatable bonds is 4. The number of carbonyl (C=O) groups is 2. The average Bonchev–Trinajstić information content (AvgIpc) is 3.55. The van der Waals surface area contributed by atoms with Crippen LogP contribution in [-0.2, 0) is 27.8 Å². The third kappa shape index (κ3) is 3.74. The van der Waals surface area contributed by atoms with Crippen LogP contribution in [-0.4, -0.2) is 39.6 Å². The first-order chi connectivity index (χ1) is 19.0. The van der Waals surface area contributed by atoms with Crippen molar-refractivity contribution in [3.63, 3.8) is 0 Å². The van der Waals surface area contributed by atoms with E-state index in [-0.39, 0.29) is 23.1 Å². The molecular formula is C32H29FN4O2. The van der Waals surface area contributed by atoms with Gasteiger partial charge in [-0.3, -0.25) is 14.6 Å². The first-order valence-corrected chi connectivity index (χ1v) is 13.7. The summed E-state index contributed by atoms with van der Waals surface area (Å²) in [5, 5.41) is 2.96. The molecule has 196 valence electrons. The largest absolute Gasteiger partial charge is 0.310 e. The number of hydrogen-bond donors (Lipinski definition) is 1. The Labute approximate surface area is 226 Å². The molecule has 0 bridgehead atoms. The lowest BCUT2D eigenvalue weighted by Crippen LogP contribution is -2.48. The molecule has 1 unspecified atom stereocenters. The molecule has 4 aliphatic rings. The fourth-order valence-corrected chi connectivity index (χ4v) is 6.90. The number of nitrogens with one attached hydrogen (secondary N) is 1. The number of aromatic nitrogens is 1. The summed E-state index contributed by atoms with van der Waals surface area (Å²) in [6, 6.07) is 16.6. The SMILES string of the molecule is O=C1C(c2ccccc2F)=NC2(CCCCC2)N1C/C=C/c1ccc2c(c1)CC1(C2)C(=O)Nc2ncccc21. The van der Waals surface area contributed by atoms with Gasteiger partial charge in [0.25, 0.3) is 5.91 Å². The van der Waals surface area contributed by atoms with Gasteiger partial charge in [0.2, 0.25) is 5.91 Å². The van der Waals surface area contributed by atoms with Gasteiger partial charge in [-0.2, -0.15) is 0 Å². The second kappa shape index (κ2) is 8.97. The van der Waals surface area contributed by atoms with Gasteiger partial charge in [0, 0.05) is 23.9 Å². The van der Waals surface area contributed by atoms with E-state index in [0.29, 0.717) is 25.2 Å². The minimum atomic E-state index is -0.598. The molecule has 3 heterocycles. The molecule has 6 nitrogen and oxygen atoms in total. The molecule has 2 aromatic carbocycles. The van der Waals surface area contributed by atoms with Crippen molar-refractivity contribution in [1.82, 2.24) is 9.88 Å². The van der Waals surface area contributed by atoms with Gasteiger partial charge >= 0.3 is 0 Å². The molecular weight excluding hydrogens is 491 g/mol. The smallest absolute Gasteiger partial charge is 0.275 e. The molecule has 39 heavy (non-hydrogen) atoms. The van der Waals surface area contributed by atoms with Crippen LogP contribution >= 0.6 is 0 Å². The molecule has 1 N–H and O–H groups in total. The molecule has 7 rings (SSSR count). The highest BCUT2D eigenvalue weighted by molar-refractivity contribution is 6.46.